The van der Waals surface area contributed by atoms with Gasteiger partial charge in [0.1, 0.15) is 18.1 Å². The van der Waals surface area contributed by atoms with Crippen molar-refractivity contribution in [3.8, 4) is 5.75 Å². The van der Waals surface area contributed by atoms with Crippen LogP contribution in [0.25, 0.3) is 0 Å². The summed E-state index contributed by atoms with van der Waals surface area (Å²) in [5.41, 5.74) is 0.252. The molecule has 0 heterocycles. The lowest BCUT2D eigenvalue weighted by atomic mass is 10.3. The second-order valence-electron chi connectivity index (χ2n) is 5.16. The molecule has 0 aliphatic heterocycles. The molecule has 0 N–H and O–H groups in total. The zero-order valence-electron chi connectivity index (χ0n) is 13.5. The number of benzene rings is 2. The van der Waals surface area contributed by atoms with E-state index in [2.05, 4.69) is 0 Å². The predicted octanol–water partition coefficient (Wildman–Crippen LogP) is 3.58. The number of halogens is 2. The summed E-state index contributed by atoms with van der Waals surface area (Å²) in [7, 11) is -4.08. The molecule has 2 aromatic carbocycles. The van der Waals surface area contributed by atoms with Gasteiger partial charge in [0, 0.05) is 0 Å². The Bertz CT molecular complexity index is 823. The van der Waals surface area contributed by atoms with Crippen LogP contribution in [-0.2, 0) is 14.8 Å². The molecule has 0 aliphatic carbocycles. The van der Waals surface area contributed by atoms with Crippen molar-refractivity contribution < 1.29 is 22.3 Å². The maximum atomic E-state index is 13.1. The van der Waals surface area contributed by atoms with Gasteiger partial charge >= 0.3 is 0 Å². The minimum atomic E-state index is -4.08. The van der Waals surface area contributed by atoms with Gasteiger partial charge in [-0.1, -0.05) is 6.92 Å². The second kappa shape index (κ2) is 8.31. The number of anilines is 1. The first-order valence-corrected chi connectivity index (χ1v) is 9.36. The highest BCUT2D eigenvalue weighted by Gasteiger charge is 2.26. The van der Waals surface area contributed by atoms with Gasteiger partial charge < -0.3 is 4.74 Å². The van der Waals surface area contributed by atoms with Crippen LogP contribution >= 0.6 is 11.6 Å². The maximum Gasteiger partial charge on any atom is 0.264 e. The molecule has 2 rings (SSSR count). The first-order chi connectivity index (χ1) is 11.8. The second-order valence-corrected chi connectivity index (χ2v) is 7.45. The Balaban J connectivity index is 2.38. The van der Waals surface area contributed by atoms with Gasteiger partial charge in [0.05, 0.1) is 17.2 Å². The van der Waals surface area contributed by atoms with Crippen molar-refractivity contribution in [2.45, 2.75) is 18.2 Å². The van der Waals surface area contributed by atoms with E-state index in [9.17, 15) is 17.6 Å². The minimum Gasteiger partial charge on any atom is -0.494 e. The highest BCUT2D eigenvalue weighted by atomic mass is 35.5. The van der Waals surface area contributed by atoms with E-state index < -0.39 is 27.6 Å². The van der Waals surface area contributed by atoms with Crippen LogP contribution in [0.15, 0.2) is 53.4 Å². The van der Waals surface area contributed by atoms with Gasteiger partial charge in [-0.15, -0.1) is 0 Å². The molecule has 0 saturated heterocycles. The summed E-state index contributed by atoms with van der Waals surface area (Å²) in [5.74, 6) is 0.0262. The average molecular weight is 386 g/mol. The summed E-state index contributed by atoms with van der Waals surface area (Å²) in [5, 5.41) is -0.836. The monoisotopic (exact) mass is 385 g/mol. The number of sulfonamides is 1. The Hall–Kier alpha value is -2.12. The van der Waals surface area contributed by atoms with E-state index in [0.717, 1.165) is 35.0 Å². The van der Waals surface area contributed by atoms with Crippen molar-refractivity contribution in [2.24, 2.45) is 0 Å². The smallest absolute Gasteiger partial charge is 0.264 e. The summed E-state index contributed by atoms with van der Waals surface area (Å²) in [6, 6.07) is 10.6. The molecule has 0 unspecified atom stereocenters. The molecular weight excluding hydrogens is 369 g/mol. The Morgan fingerprint density at radius 1 is 1.12 bits per heavy atom. The van der Waals surface area contributed by atoms with E-state index in [0.29, 0.717) is 12.4 Å². The maximum absolute atomic E-state index is 13.1. The van der Waals surface area contributed by atoms with E-state index >= 15 is 0 Å². The summed E-state index contributed by atoms with van der Waals surface area (Å²) in [6.45, 7) is 1.96. The molecule has 0 aliphatic rings. The van der Waals surface area contributed by atoms with Crippen LogP contribution < -0.4 is 9.04 Å². The van der Waals surface area contributed by atoms with Gasteiger partial charge in [0.2, 0.25) is 5.24 Å². The van der Waals surface area contributed by atoms with E-state index in [1.54, 1.807) is 12.1 Å². The van der Waals surface area contributed by atoms with Gasteiger partial charge in [0.25, 0.3) is 10.0 Å². The average Bonchev–Trinajstić information content (AvgIpc) is 2.58. The van der Waals surface area contributed by atoms with E-state index in [1.165, 1.54) is 12.1 Å². The largest absolute Gasteiger partial charge is 0.494 e. The highest BCUT2D eigenvalue weighted by molar-refractivity contribution is 7.92. The first kappa shape index (κ1) is 19.2. The van der Waals surface area contributed by atoms with Crippen molar-refractivity contribution in [1.29, 1.82) is 0 Å². The number of rotatable bonds is 8. The molecule has 0 saturated carbocycles. The molecule has 0 amide bonds. The number of carbonyl (C=O) groups is 1. The molecule has 5 nitrogen and oxygen atoms in total. The molecule has 0 radical (unpaired) electrons. The molecule has 0 spiro atoms. The molecule has 0 aromatic heterocycles. The van der Waals surface area contributed by atoms with Crippen LogP contribution in [0.5, 0.6) is 5.75 Å². The fourth-order valence-corrected chi connectivity index (χ4v) is 3.70. The van der Waals surface area contributed by atoms with Crippen molar-refractivity contribution in [1.82, 2.24) is 0 Å². The minimum absolute atomic E-state index is 0.141. The van der Waals surface area contributed by atoms with Crippen LogP contribution in [0.3, 0.4) is 0 Å². The Morgan fingerprint density at radius 2 is 1.72 bits per heavy atom. The zero-order chi connectivity index (χ0) is 18.4. The van der Waals surface area contributed by atoms with Crippen molar-refractivity contribution >= 4 is 32.6 Å². The van der Waals surface area contributed by atoms with Crippen LogP contribution in [0.1, 0.15) is 13.3 Å². The lowest BCUT2D eigenvalue weighted by Crippen LogP contribution is -2.34. The van der Waals surface area contributed by atoms with E-state index in [4.69, 9.17) is 16.3 Å². The topological polar surface area (TPSA) is 63.7 Å². The van der Waals surface area contributed by atoms with Gasteiger partial charge in [0.15, 0.2) is 0 Å². The van der Waals surface area contributed by atoms with Gasteiger partial charge in [-0.2, -0.15) is 0 Å². The lowest BCUT2D eigenvalue weighted by Gasteiger charge is -2.23. The lowest BCUT2D eigenvalue weighted by molar-refractivity contribution is -0.110. The van der Waals surface area contributed by atoms with Gasteiger partial charge in [-0.25, -0.2) is 12.8 Å². The Morgan fingerprint density at radius 3 is 2.24 bits per heavy atom. The molecule has 0 bridgehead atoms. The van der Waals surface area contributed by atoms with Crippen molar-refractivity contribution in [3.63, 3.8) is 0 Å². The number of nitrogens with zero attached hydrogens (tertiary/aromatic N) is 1. The fraction of sp³-hybridized carbons (Fsp3) is 0.235. The fourth-order valence-electron chi connectivity index (χ4n) is 2.09. The Kier molecular flexibility index (Phi) is 6.39. The third-order valence-corrected chi connectivity index (χ3v) is 5.17. The van der Waals surface area contributed by atoms with Crippen molar-refractivity contribution in [3.05, 3.63) is 54.3 Å². The molecule has 25 heavy (non-hydrogen) atoms. The zero-order valence-corrected chi connectivity index (χ0v) is 15.1. The van der Waals surface area contributed by atoms with Crippen LogP contribution in [0.4, 0.5) is 10.1 Å². The number of hydrogen-bond donors (Lipinski definition) is 0. The number of ether oxygens (including phenoxy) is 1. The van der Waals surface area contributed by atoms with Gasteiger partial charge in [-0.05, 0) is 66.6 Å². The molecule has 8 heteroatoms. The third kappa shape index (κ3) is 4.93. The summed E-state index contributed by atoms with van der Waals surface area (Å²) in [6.07, 6.45) is 0.841. The standard InChI is InChI=1S/C17H17ClFNO4S/c1-2-11-24-15-7-5-14(6-8-15)20(12-17(18)21)25(22,23)16-9-3-13(19)4-10-16/h3-10H,2,11-12H2,1H3. The molecule has 134 valence electrons. The van der Waals surface area contributed by atoms with Crippen LogP contribution in [0.2, 0.25) is 0 Å². The molecular formula is C17H17ClFNO4S. The number of carbonyl (C=O) groups excluding carboxylic acids is 1. The molecule has 0 atom stereocenters. The predicted molar refractivity (Wildman–Crippen MR) is 94.0 cm³/mol. The van der Waals surface area contributed by atoms with Crippen molar-refractivity contribution in [2.75, 3.05) is 17.5 Å². The summed E-state index contributed by atoms with van der Waals surface area (Å²) < 4.78 is 45.0. The summed E-state index contributed by atoms with van der Waals surface area (Å²) in [4.78, 5) is 11.2. The summed E-state index contributed by atoms with van der Waals surface area (Å²) >= 11 is 5.41. The molecule has 0 fully saturated rings. The SMILES string of the molecule is CCCOc1ccc(N(CC(=O)Cl)S(=O)(=O)c2ccc(F)cc2)cc1. The third-order valence-electron chi connectivity index (χ3n) is 3.27. The first-order valence-electron chi connectivity index (χ1n) is 7.54. The van der Waals surface area contributed by atoms with E-state index in [1.807, 2.05) is 6.92 Å². The Labute approximate surface area is 151 Å². The number of hydrogen-bond acceptors (Lipinski definition) is 4. The molecule has 2 aromatic rings. The van der Waals surface area contributed by atoms with Crippen LogP contribution in [-0.4, -0.2) is 26.8 Å². The highest BCUT2D eigenvalue weighted by Crippen LogP contribution is 2.26. The quantitative estimate of drug-likeness (QED) is 0.651. The normalized spacial score (nSPS) is 11.2. The van der Waals surface area contributed by atoms with Gasteiger partial charge in [-0.3, -0.25) is 9.10 Å². The van der Waals surface area contributed by atoms with E-state index in [-0.39, 0.29) is 10.6 Å². The van der Waals surface area contributed by atoms with Crippen LogP contribution in [0, 0.1) is 5.82 Å².